The van der Waals surface area contributed by atoms with Gasteiger partial charge in [-0.25, -0.2) is 0 Å². The third-order valence-electron chi connectivity index (χ3n) is 4.81. The molecular formula is C23H28N4O3. The Kier molecular flexibility index (Phi) is 7.86. The number of morpholine rings is 1. The zero-order chi connectivity index (χ0) is 21.2. The Morgan fingerprint density at radius 3 is 2.50 bits per heavy atom. The number of nitrogens with two attached hydrogens (primary N) is 1. The number of hydrogen-bond acceptors (Lipinski definition) is 5. The minimum absolute atomic E-state index is 0.103. The molecule has 2 aromatic rings. The highest BCUT2D eigenvalue weighted by molar-refractivity contribution is 5.95. The first-order chi connectivity index (χ1) is 14.6. The van der Waals surface area contributed by atoms with Gasteiger partial charge in [0.15, 0.2) is 0 Å². The summed E-state index contributed by atoms with van der Waals surface area (Å²) in [4.78, 5) is 26.4. The van der Waals surface area contributed by atoms with Gasteiger partial charge < -0.3 is 26.0 Å². The average molecular weight is 409 g/mol. The average Bonchev–Trinajstić information content (AvgIpc) is 2.78. The van der Waals surface area contributed by atoms with Crippen LogP contribution in [0.5, 0.6) is 0 Å². The molecule has 1 heterocycles. The van der Waals surface area contributed by atoms with E-state index in [4.69, 9.17) is 10.5 Å². The van der Waals surface area contributed by atoms with Crippen LogP contribution in [0.1, 0.15) is 23.2 Å². The number of carbonyl (C=O) groups excluding carboxylic acids is 2. The summed E-state index contributed by atoms with van der Waals surface area (Å²) < 4.78 is 5.36. The van der Waals surface area contributed by atoms with Crippen molar-refractivity contribution < 1.29 is 14.3 Å². The number of para-hydroxylation sites is 2. The van der Waals surface area contributed by atoms with Crippen molar-refractivity contribution in [3.05, 3.63) is 66.2 Å². The van der Waals surface area contributed by atoms with Gasteiger partial charge in [-0.2, -0.15) is 0 Å². The van der Waals surface area contributed by atoms with Crippen LogP contribution in [0.15, 0.2) is 60.7 Å². The third kappa shape index (κ3) is 6.35. The van der Waals surface area contributed by atoms with Gasteiger partial charge in [0.2, 0.25) is 5.91 Å². The number of nitrogens with zero attached hydrogens (tertiary/aromatic N) is 1. The first-order valence-corrected chi connectivity index (χ1v) is 10.1. The van der Waals surface area contributed by atoms with Crippen LogP contribution in [0.3, 0.4) is 0 Å². The number of nitrogen functional groups attached to an aromatic ring is 1. The molecule has 0 radical (unpaired) electrons. The molecule has 0 saturated carbocycles. The number of carbonyl (C=O) groups is 2. The summed E-state index contributed by atoms with van der Waals surface area (Å²) >= 11 is 0. The normalized spacial score (nSPS) is 13.9. The summed E-state index contributed by atoms with van der Waals surface area (Å²) in [5.74, 6) is -0.234. The van der Waals surface area contributed by atoms with Gasteiger partial charge in [0.05, 0.1) is 24.6 Å². The van der Waals surface area contributed by atoms with E-state index >= 15 is 0 Å². The highest BCUT2D eigenvalue weighted by atomic mass is 16.5. The van der Waals surface area contributed by atoms with Gasteiger partial charge in [-0.15, -0.1) is 0 Å². The molecule has 7 heteroatoms. The van der Waals surface area contributed by atoms with Gasteiger partial charge >= 0.3 is 0 Å². The van der Waals surface area contributed by atoms with Crippen LogP contribution in [0, 0.1) is 0 Å². The van der Waals surface area contributed by atoms with Crippen molar-refractivity contribution in [3.8, 4) is 0 Å². The maximum Gasteiger partial charge on any atom is 0.251 e. The summed E-state index contributed by atoms with van der Waals surface area (Å²) in [5.41, 5.74) is 8.70. The van der Waals surface area contributed by atoms with Crippen LogP contribution in [0.4, 0.5) is 17.1 Å². The second-order valence-electron chi connectivity index (χ2n) is 7.00. The van der Waals surface area contributed by atoms with E-state index in [9.17, 15) is 9.59 Å². The molecule has 2 amide bonds. The quantitative estimate of drug-likeness (QED) is 0.355. The zero-order valence-corrected chi connectivity index (χ0v) is 17.0. The van der Waals surface area contributed by atoms with Gasteiger partial charge in [0.25, 0.3) is 5.91 Å². The number of amides is 2. The molecule has 30 heavy (non-hydrogen) atoms. The van der Waals surface area contributed by atoms with Gasteiger partial charge in [0.1, 0.15) is 0 Å². The maximum absolute atomic E-state index is 12.3. The van der Waals surface area contributed by atoms with Crippen LogP contribution < -0.4 is 21.3 Å². The van der Waals surface area contributed by atoms with Crippen LogP contribution >= 0.6 is 0 Å². The standard InChI is InChI=1S/C23H28N4O3/c24-20-6-3-4-7-21(20)26-22(28)8-2-1-5-13-25-23(29)18-9-11-19(12-10-18)27-14-16-30-17-15-27/h1-4,6-7,9-12H,5,8,13-17,24H2,(H,25,29)(H,26,28). The second kappa shape index (κ2) is 11.0. The van der Waals surface area contributed by atoms with Gasteiger partial charge in [0, 0.05) is 37.3 Å². The molecule has 0 atom stereocenters. The van der Waals surface area contributed by atoms with E-state index in [1.165, 1.54) is 0 Å². The largest absolute Gasteiger partial charge is 0.397 e. The van der Waals surface area contributed by atoms with Crippen molar-refractivity contribution >= 4 is 28.9 Å². The molecule has 1 aliphatic heterocycles. The molecule has 0 unspecified atom stereocenters. The molecule has 1 saturated heterocycles. The number of nitrogens with one attached hydrogen (secondary N) is 2. The summed E-state index contributed by atoms with van der Waals surface area (Å²) in [7, 11) is 0. The van der Waals surface area contributed by atoms with Crippen LogP contribution in [0.2, 0.25) is 0 Å². The van der Waals surface area contributed by atoms with E-state index in [0.29, 0.717) is 29.9 Å². The van der Waals surface area contributed by atoms with E-state index in [1.54, 1.807) is 18.2 Å². The van der Waals surface area contributed by atoms with Crippen molar-refractivity contribution in [1.29, 1.82) is 0 Å². The van der Waals surface area contributed by atoms with Gasteiger partial charge in [-0.05, 0) is 42.8 Å². The summed E-state index contributed by atoms with van der Waals surface area (Å²) in [6, 6.07) is 14.8. The van der Waals surface area contributed by atoms with Crippen molar-refractivity contribution in [1.82, 2.24) is 5.32 Å². The summed E-state index contributed by atoms with van der Waals surface area (Å²) in [6.45, 7) is 3.71. The fourth-order valence-electron chi connectivity index (χ4n) is 3.14. The Balaban J connectivity index is 1.35. The predicted octanol–water partition coefficient (Wildman–Crippen LogP) is 2.81. The monoisotopic (exact) mass is 408 g/mol. The van der Waals surface area contributed by atoms with Crippen molar-refractivity contribution in [2.75, 3.05) is 48.8 Å². The lowest BCUT2D eigenvalue weighted by Crippen LogP contribution is -2.36. The molecule has 0 spiro atoms. The molecule has 4 N–H and O–H groups in total. The van der Waals surface area contributed by atoms with E-state index in [-0.39, 0.29) is 18.2 Å². The Morgan fingerprint density at radius 2 is 1.77 bits per heavy atom. The van der Waals surface area contributed by atoms with Crippen LogP contribution in [-0.2, 0) is 9.53 Å². The van der Waals surface area contributed by atoms with Crippen molar-refractivity contribution in [3.63, 3.8) is 0 Å². The Bertz CT molecular complexity index is 874. The SMILES string of the molecule is Nc1ccccc1NC(=O)CC=CCCNC(=O)c1ccc(N2CCOCC2)cc1. The highest BCUT2D eigenvalue weighted by Crippen LogP contribution is 2.17. The van der Waals surface area contributed by atoms with E-state index in [1.807, 2.05) is 42.5 Å². The van der Waals surface area contributed by atoms with Crippen molar-refractivity contribution in [2.45, 2.75) is 12.8 Å². The lowest BCUT2D eigenvalue weighted by atomic mass is 10.1. The maximum atomic E-state index is 12.3. The number of hydrogen-bond donors (Lipinski definition) is 3. The first-order valence-electron chi connectivity index (χ1n) is 10.1. The summed E-state index contributed by atoms with van der Waals surface area (Å²) in [5, 5.41) is 5.67. The topological polar surface area (TPSA) is 96.7 Å². The van der Waals surface area contributed by atoms with Gasteiger partial charge in [-0.3, -0.25) is 9.59 Å². The van der Waals surface area contributed by atoms with E-state index < -0.39 is 0 Å². The highest BCUT2D eigenvalue weighted by Gasteiger charge is 2.12. The molecule has 7 nitrogen and oxygen atoms in total. The number of anilines is 3. The number of benzene rings is 2. The smallest absolute Gasteiger partial charge is 0.251 e. The van der Waals surface area contributed by atoms with E-state index in [0.717, 1.165) is 32.0 Å². The number of rotatable bonds is 8. The summed E-state index contributed by atoms with van der Waals surface area (Å²) in [6.07, 6.45) is 4.58. The predicted molar refractivity (Wildman–Crippen MR) is 120 cm³/mol. The fourth-order valence-corrected chi connectivity index (χ4v) is 3.14. The molecule has 1 fully saturated rings. The zero-order valence-electron chi connectivity index (χ0n) is 17.0. The Morgan fingerprint density at radius 1 is 1.03 bits per heavy atom. The fraction of sp³-hybridized carbons (Fsp3) is 0.304. The van der Waals surface area contributed by atoms with Gasteiger partial charge in [-0.1, -0.05) is 24.3 Å². The van der Waals surface area contributed by atoms with Crippen LogP contribution in [0.25, 0.3) is 0 Å². The lowest BCUT2D eigenvalue weighted by Gasteiger charge is -2.28. The Labute approximate surface area is 176 Å². The minimum atomic E-state index is -0.131. The first kappa shape index (κ1) is 21.4. The third-order valence-corrected chi connectivity index (χ3v) is 4.81. The van der Waals surface area contributed by atoms with Crippen molar-refractivity contribution in [2.24, 2.45) is 0 Å². The number of ether oxygens (including phenoxy) is 1. The van der Waals surface area contributed by atoms with E-state index in [2.05, 4.69) is 15.5 Å². The lowest BCUT2D eigenvalue weighted by molar-refractivity contribution is -0.115. The molecule has 0 aliphatic carbocycles. The molecule has 2 aromatic carbocycles. The molecule has 1 aliphatic rings. The molecule has 158 valence electrons. The molecule has 0 aromatic heterocycles. The second-order valence-corrected chi connectivity index (χ2v) is 7.00. The molecule has 3 rings (SSSR count). The minimum Gasteiger partial charge on any atom is -0.397 e. The molecular weight excluding hydrogens is 380 g/mol. The Hall–Kier alpha value is -3.32. The molecule has 0 bridgehead atoms. The van der Waals surface area contributed by atoms with Crippen LogP contribution in [-0.4, -0.2) is 44.7 Å².